The van der Waals surface area contributed by atoms with E-state index in [4.69, 9.17) is 4.52 Å². The van der Waals surface area contributed by atoms with E-state index in [0.29, 0.717) is 5.89 Å². The minimum absolute atomic E-state index is 0.659. The molecule has 96 valence electrons. The minimum atomic E-state index is 0.659. The lowest BCUT2D eigenvalue weighted by molar-refractivity contribution is 0.320. The van der Waals surface area contributed by atoms with Crippen molar-refractivity contribution < 1.29 is 4.52 Å². The van der Waals surface area contributed by atoms with Crippen molar-refractivity contribution in [1.82, 2.24) is 20.4 Å². The molecular formula is C12H22N4O. The highest BCUT2D eigenvalue weighted by molar-refractivity contribution is 4.86. The lowest BCUT2D eigenvalue weighted by atomic mass is 10.1. The summed E-state index contributed by atoms with van der Waals surface area (Å²) in [7, 11) is 0. The van der Waals surface area contributed by atoms with Gasteiger partial charge in [-0.3, -0.25) is 0 Å². The van der Waals surface area contributed by atoms with Gasteiger partial charge in [-0.2, -0.15) is 4.98 Å². The fraction of sp³-hybridized carbons (Fsp3) is 0.833. The summed E-state index contributed by atoms with van der Waals surface area (Å²) in [4.78, 5) is 6.72. The lowest BCUT2D eigenvalue weighted by Gasteiger charge is -2.14. The summed E-state index contributed by atoms with van der Waals surface area (Å²) in [5.74, 6) is 2.30. The zero-order valence-electron chi connectivity index (χ0n) is 10.8. The molecule has 1 unspecified atom stereocenters. The number of aromatic nitrogens is 2. The highest BCUT2D eigenvalue weighted by Crippen LogP contribution is 2.15. The summed E-state index contributed by atoms with van der Waals surface area (Å²) in [6, 6.07) is 0. The molecule has 1 fully saturated rings. The smallest absolute Gasteiger partial charge is 0.223 e. The molecule has 0 spiro atoms. The third-order valence-electron chi connectivity index (χ3n) is 3.27. The Kier molecular flexibility index (Phi) is 4.50. The van der Waals surface area contributed by atoms with Crippen LogP contribution in [0.1, 0.15) is 25.1 Å². The van der Waals surface area contributed by atoms with Crippen LogP contribution < -0.4 is 5.32 Å². The molecule has 1 aliphatic rings. The van der Waals surface area contributed by atoms with Crippen molar-refractivity contribution in [3.05, 3.63) is 11.7 Å². The molecule has 0 aliphatic carbocycles. The van der Waals surface area contributed by atoms with Crippen molar-refractivity contribution in [3.63, 3.8) is 0 Å². The molecule has 1 saturated heterocycles. The summed E-state index contributed by atoms with van der Waals surface area (Å²) in [5, 5.41) is 7.34. The molecule has 2 heterocycles. The van der Waals surface area contributed by atoms with Gasteiger partial charge in [-0.25, -0.2) is 0 Å². The number of hydrogen-bond acceptors (Lipinski definition) is 5. The number of hydrogen-bond donors (Lipinski definition) is 1. The van der Waals surface area contributed by atoms with Crippen LogP contribution in [0.4, 0.5) is 0 Å². The largest absolute Gasteiger partial charge is 0.340 e. The molecule has 0 amide bonds. The average molecular weight is 238 g/mol. The predicted octanol–water partition coefficient (Wildman–Crippen LogP) is 0.852. The summed E-state index contributed by atoms with van der Waals surface area (Å²) in [6.07, 6.45) is 2.20. The molecule has 1 N–H and O–H groups in total. The van der Waals surface area contributed by atoms with Crippen LogP contribution in [-0.2, 0) is 6.42 Å². The van der Waals surface area contributed by atoms with E-state index in [2.05, 4.69) is 27.3 Å². The van der Waals surface area contributed by atoms with Crippen LogP contribution in [0.3, 0.4) is 0 Å². The SMILES string of the molecule is CCNCC1CCN(CCc2noc(C)n2)C1. The number of nitrogens with one attached hydrogen (secondary N) is 1. The Labute approximate surface area is 103 Å². The summed E-state index contributed by atoms with van der Waals surface area (Å²) in [6.45, 7) is 9.65. The summed E-state index contributed by atoms with van der Waals surface area (Å²) >= 11 is 0. The first kappa shape index (κ1) is 12.5. The molecule has 1 aromatic rings. The maximum absolute atomic E-state index is 4.96. The van der Waals surface area contributed by atoms with E-state index >= 15 is 0 Å². The van der Waals surface area contributed by atoms with Crippen LogP contribution in [0.15, 0.2) is 4.52 Å². The van der Waals surface area contributed by atoms with Crippen molar-refractivity contribution in [2.75, 3.05) is 32.7 Å². The molecule has 5 heteroatoms. The monoisotopic (exact) mass is 238 g/mol. The van der Waals surface area contributed by atoms with E-state index < -0.39 is 0 Å². The fourth-order valence-corrected chi connectivity index (χ4v) is 2.33. The summed E-state index contributed by atoms with van der Waals surface area (Å²) in [5.41, 5.74) is 0. The molecule has 17 heavy (non-hydrogen) atoms. The Morgan fingerprint density at radius 1 is 1.53 bits per heavy atom. The molecule has 0 bridgehead atoms. The van der Waals surface area contributed by atoms with Gasteiger partial charge in [-0.05, 0) is 32.0 Å². The highest BCUT2D eigenvalue weighted by Gasteiger charge is 2.21. The van der Waals surface area contributed by atoms with Gasteiger partial charge in [0.2, 0.25) is 5.89 Å². The standard InChI is InChI=1S/C12H22N4O/c1-3-13-8-11-4-6-16(9-11)7-5-12-14-10(2)17-15-12/h11,13H,3-9H2,1-2H3. The Morgan fingerprint density at radius 3 is 3.12 bits per heavy atom. The minimum Gasteiger partial charge on any atom is -0.340 e. The van der Waals surface area contributed by atoms with Crippen LogP contribution in [0.2, 0.25) is 0 Å². The maximum atomic E-state index is 4.96. The van der Waals surface area contributed by atoms with Crippen LogP contribution >= 0.6 is 0 Å². The van der Waals surface area contributed by atoms with Gasteiger partial charge < -0.3 is 14.7 Å². The third-order valence-corrected chi connectivity index (χ3v) is 3.27. The number of aryl methyl sites for hydroxylation is 1. The zero-order valence-corrected chi connectivity index (χ0v) is 10.8. The molecule has 0 saturated carbocycles. The first-order valence-electron chi connectivity index (χ1n) is 6.50. The van der Waals surface area contributed by atoms with Crippen LogP contribution in [0, 0.1) is 12.8 Å². The van der Waals surface area contributed by atoms with Crippen molar-refractivity contribution in [1.29, 1.82) is 0 Å². The van der Waals surface area contributed by atoms with Gasteiger partial charge in [0, 0.05) is 26.4 Å². The molecule has 2 rings (SSSR count). The van der Waals surface area contributed by atoms with Crippen molar-refractivity contribution in [2.24, 2.45) is 5.92 Å². The quantitative estimate of drug-likeness (QED) is 0.796. The lowest BCUT2D eigenvalue weighted by Crippen LogP contribution is -2.27. The predicted molar refractivity (Wildman–Crippen MR) is 65.8 cm³/mol. The van der Waals surface area contributed by atoms with Gasteiger partial charge in [0.1, 0.15) is 0 Å². The number of nitrogens with zero attached hydrogens (tertiary/aromatic N) is 3. The van der Waals surface area contributed by atoms with E-state index in [1.807, 2.05) is 6.92 Å². The Bertz CT molecular complexity index is 339. The number of likely N-dealkylation sites (tertiary alicyclic amines) is 1. The summed E-state index contributed by atoms with van der Waals surface area (Å²) < 4.78 is 4.96. The highest BCUT2D eigenvalue weighted by atomic mass is 16.5. The molecule has 5 nitrogen and oxygen atoms in total. The van der Waals surface area contributed by atoms with Crippen molar-refractivity contribution in [3.8, 4) is 0 Å². The van der Waals surface area contributed by atoms with E-state index in [-0.39, 0.29) is 0 Å². The number of rotatable bonds is 6. The second-order valence-electron chi connectivity index (χ2n) is 4.74. The van der Waals surface area contributed by atoms with Crippen LogP contribution in [-0.4, -0.2) is 47.8 Å². The van der Waals surface area contributed by atoms with Gasteiger partial charge in [0.15, 0.2) is 5.82 Å². The maximum Gasteiger partial charge on any atom is 0.223 e. The molecule has 0 radical (unpaired) electrons. The fourth-order valence-electron chi connectivity index (χ4n) is 2.33. The first-order chi connectivity index (χ1) is 8.28. The second kappa shape index (κ2) is 6.12. The Morgan fingerprint density at radius 2 is 2.41 bits per heavy atom. The molecule has 1 aliphatic heterocycles. The van der Waals surface area contributed by atoms with E-state index in [1.54, 1.807) is 0 Å². The normalized spacial score (nSPS) is 21.2. The third kappa shape index (κ3) is 3.78. The first-order valence-corrected chi connectivity index (χ1v) is 6.50. The van der Waals surface area contributed by atoms with Gasteiger partial charge in [0.05, 0.1) is 0 Å². The average Bonchev–Trinajstić information content (AvgIpc) is 2.93. The topological polar surface area (TPSA) is 54.2 Å². The van der Waals surface area contributed by atoms with Gasteiger partial charge in [-0.15, -0.1) is 0 Å². The van der Waals surface area contributed by atoms with Crippen LogP contribution in [0.25, 0.3) is 0 Å². The van der Waals surface area contributed by atoms with Gasteiger partial charge in [-0.1, -0.05) is 12.1 Å². The Balaban J connectivity index is 1.67. The van der Waals surface area contributed by atoms with E-state index in [0.717, 1.165) is 37.8 Å². The van der Waals surface area contributed by atoms with E-state index in [9.17, 15) is 0 Å². The zero-order chi connectivity index (χ0) is 12.1. The van der Waals surface area contributed by atoms with Gasteiger partial charge in [0.25, 0.3) is 0 Å². The molecule has 1 aromatic heterocycles. The van der Waals surface area contributed by atoms with Crippen molar-refractivity contribution >= 4 is 0 Å². The second-order valence-corrected chi connectivity index (χ2v) is 4.74. The Hall–Kier alpha value is -0.940. The van der Waals surface area contributed by atoms with Crippen LogP contribution in [0.5, 0.6) is 0 Å². The van der Waals surface area contributed by atoms with E-state index in [1.165, 1.54) is 19.5 Å². The van der Waals surface area contributed by atoms with Crippen molar-refractivity contribution in [2.45, 2.75) is 26.7 Å². The molecule has 1 atom stereocenters. The van der Waals surface area contributed by atoms with Gasteiger partial charge >= 0.3 is 0 Å². The molecular weight excluding hydrogens is 216 g/mol. The molecule has 0 aromatic carbocycles.